The Morgan fingerprint density at radius 3 is 2.79 bits per heavy atom. The molecule has 34 heavy (non-hydrogen) atoms. The van der Waals surface area contributed by atoms with Crippen LogP contribution in [0.15, 0.2) is 44.8 Å². The summed E-state index contributed by atoms with van der Waals surface area (Å²) in [6.45, 7) is 4.27. The van der Waals surface area contributed by atoms with Crippen LogP contribution in [-0.2, 0) is 17.6 Å². The van der Waals surface area contributed by atoms with Crippen LogP contribution in [0.2, 0.25) is 0 Å². The molecule has 176 valence electrons. The number of benzene rings is 1. The van der Waals surface area contributed by atoms with Gasteiger partial charge in [-0.05, 0) is 69.4 Å². The highest BCUT2D eigenvalue weighted by Crippen LogP contribution is 2.35. The van der Waals surface area contributed by atoms with Crippen molar-refractivity contribution in [1.29, 1.82) is 0 Å². The molecule has 1 amide bonds. The number of thioether (sulfide) groups is 1. The molecule has 0 bridgehead atoms. The SMILES string of the molecule is CCOc1ccc(-n2c(SCC(=O)Nc3cc(C)no3)nc3sc4c(c3c2=O)CCCC4)cc1. The Morgan fingerprint density at radius 2 is 2.06 bits per heavy atom. The van der Waals surface area contributed by atoms with Crippen LogP contribution in [0, 0.1) is 6.92 Å². The normalized spacial score (nSPS) is 13.1. The van der Waals surface area contributed by atoms with Gasteiger partial charge in [-0.3, -0.25) is 19.5 Å². The third-order valence-corrected chi connectivity index (χ3v) is 7.71. The fraction of sp³-hybridized carbons (Fsp3) is 0.333. The molecule has 0 spiro atoms. The van der Waals surface area contributed by atoms with Gasteiger partial charge in [-0.25, -0.2) is 4.98 Å². The summed E-state index contributed by atoms with van der Waals surface area (Å²) in [4.78, 5) is 33.2. The van der Waals surface area contributed by atoms with Gasteiger partial charge in [-0.2, -0.15) is 0 Å². The number of hydrogen-bond donors (Lipinski definition) is 1. The summed E-state index contributed by atoms with van der Waals surface area (Å²) in [5.74, 6) is 0.831. The zero-order valence-electron chi connectivity index (χ0n) is 18.9. The molecule has 0 fully saturated rings. The highest BCUT2D eigenvalue weighted by Gasteiger charge is 2.23. The summed E-state index contributed by atoms with van der Waals surface area (Å²) in [5, 5.41) is 7.65. The van der Waals surface area contributed by atoms with Crippen LogP contribution in [0.5, 0.6) is 5.75 Å². The van der Waals surface area contributed by atoms with Crippen LogP contribution in [-0.4, -0.2) is 33.0 Å². The minimum atomic E-state index is -0.265. The van der Waals surface area contributed by atoms with Crippen molar-refractivity contribution in [2.24, 2.45) is 0 Å². The van der Waals surface area contributed by atoms with Crippen LogP contribution in [0.3, 0.4) is 0 Å². The quantitative estimate of drug-likeness (QED) is 0.291. The molecule has 10 heteroatoms. The van der Waals surface area contributed by atoms with E-state index in [-0.39, 0.29) is 17.2 Å². The lowest BCUT2D eigenvalue weighted by Gasteiger charge is -2.14. The number of thiophene rings is 1. The zero-order chi connectivity index (χ0) is 23.7. The molecule has 1 aliphatic rings. The average Bonchev–Trinajstić information content (AvgIpc) is 3.41. The minimum absolute atomic E-state index is 0.0693. The number of nitrogens with zero attached hydrogens (tertiary/aromatic N) is 3. The summed E-state index contributed by atoms with van der Waals surface area (Å²) in [7, 11) is 0. The van der Waals surface area contributed by atoms with E-state index in [1.807, 2.05) is 31.2 Å². The van der Waals surface area contributed by atoms with Gasteiger partial charge in [-0.15, -0.1) is 11.3 Å². The largest absolute Gasteiger partial charge is 0.494 e. The van der Waals surface area contributed by atoms with Crippen LogP contribution in [0.1, 0.15) is 35.9 Å². The molecule has 0 atom stereocenters. The second-order valence-corrected chi connectivity index (χ2v) is 10.0. The monoisotopic (exact) mass is 496 g/mol. The molecule has 0 saturated carbocycles. The molecule has 0 unspecified atom stereocenters. The first-order valence-electron chi connectivity index (χ1n) is 11.2. The Kier molecular flexibility index (Phi) is 6.42. The molecule has 1 aromatic carbocycles. The number of amides is 1. The van der Waals surface area contributed by atoms with Gasteiger partial charge in [0.1, 0.15) is 10.6 Å². The van der Waals surface area contributed by atoms with Gasteiger partial charge in [0.05, 0.1) is 29.1 Å². The third-order valence-electron chi connectivity index (χ3n) is 5.59. The maximum atomic E-state index is 13.8. The highest BCUT2D eigenvalue weighted by atomic mass is 32.2. The van der Waals surface area contributed by atoms with E-state index in [9.17, 15) is 9.59 Å². The first-order chi connectivity index (χ1) is 16.5. The summed E-state index contributed by atoms with van der Waals surface area (Å²) >= 11 is 2.82. The molecule has 3 heterocycles. The standard InChI is InChI=1S/C24H24N4O4S2/c1-3-31-16-10-8-15(9-11-16)28-23(30)21-17-6-4-5-7-18(17)34-22(21)26-24(28)33-13-19(29)25-20-12-14(2)27-32-20/h8-12H,3-7,13H2,1-2H3,(H,25,29). The zero-order valence-corrected chi connectivity index (χ0v) is 20.6. The van der Waals surface area contributed by atoms with E-state index in [1.54, 1.807) is 28.9 Å². The lowest BCUT2D eigenvalue weighted by atomic mass is 9.97. The number of rotatable bonds is 7. The number of anilines is 1. The molecule has 4 aromatic rings. The Morgan fingerprint density at radius 1 is 1.26 bits per heavy atom. The first kappa shape index (κ1) is 22.7. The molecule has 8 nitrogen and oxygen atoms in total. The van der Waals surface area contributed by atoms with Gasteiger partial charge >= 0.3 is 0 Å². The van der Waals surface area contributed by atoms with Crippen LogP contribution in [0.25, 0.3) is 15.9 Å². The molecule has 5 rings (SSSR count). The second kappa shape index (κ2) is 9.63. The van der Waals surface area contributed by atoms with Gasteiger partial charge in [0.15, 0.2) is 5.16 Å². The van der Waals surface area contributed by atoms with Crippen molar-refractivity contribution >= 4 is 45.1 Å². The molecule has 0 radical (unpaired) electrons. The highest BCUT2D eigenvalue weighted by molar-refractivity contribution is 7.99. The van der Waals surface area contributed by atoms with Crippen molar-refractivity contribution < 1.29 is 14.1 Å². The molecule has 1 aliphatic carbocycles. The Labute approximate surface area is 204 Å². The van der Waals surface area contributed by atoms with E-state index in [4.69, 9.17) is 14.2 Å². The van der Waals surface area contributed by atoms with Crippen molar-refractivity contribution in [3.8, 4) is 11.4 Å². The van der Waals surface area contributed by atoms with E-state index in [1.165, 1.54) is 16.6 Å². The Hall–Kier alpha value is -3.11. The number of nitrogens with one attached hydrogen (secondary N) is 1. The van der Waals surface area contributed by atoms with Crippen molar-refractivity contribution in [2.75, 3.05) is 17.7 Å². The molecule has 0 aliphatic heterocycles. The summed E-state index contributed by atoms with van der Waals surface area (Å²) in [6.07, 6.45) is 4.11. The minimum Gasteiger partial charge on any atom is -0.494 e. The molecule has 0 saturated heterocycles. The summed E-state index contributed by atoms with van der Waals surface area (Å²) in [6, 6.07) is 9.02. The number of carbonyl (C=O) groups excluding carboxylic acids is 1. The lowest BCUT2D eigenvalue weighted by Crippen LogP contribution is -2.23. The van der Waals surface area contributed by atoms with Crippen LogP contribution in [0.4, 0.5) is 5.88 Å². The van der Waals surface area contributed by atoms with Crippen molar-refractivity contribution in [3.63, 3.8) is 0 Å². The van der Waals surface area contributed by atoms with Gasteiger partial charge in [0.2, 0.25) is 11.8 Å². The number of ether oxygens (including phenoxy) is 1. The third kappa shape index (κ3) is 4.47. The van der Waals surface area contributed by atoms with Crippen LogP contribution < -0.4 is 15.6 Å². The maximum Gasteiger partial charge on any atom is 0.267 e. The van der Waals surface area contributed by atoms with E-state index in [0.29, 0.717) is 34.4 Å². The topological polar surface area (TPSA) is 99.2 Å². The number of aromatic nitrogens is 3. The summed E-state index contributed by atoms with van der Waals surface area (Å²) < 4.78 is 12.2. The Balaban J connectivity index is 1.52. The fourth-order valence-corrected chi connectivity index (χ4v) is 6.21. The number of carbonyl (C=O) groups is 1. The number of aryl methyl sites for hydroxylation is 3. The van der Waals surface area contributed by atoms with Gasteiger partial charge in [0, 0.05) is 10.9 Å². The molecule has 1 N–H and O–H groups in total. The van der Waals surface area contributed by atoms with Gasteiger partial charge < -0.3 is 9.26 Å². The molecule has 3 aromatic heterocycles. The van der Waals surface area contributed by atoms with Crippen molar-refractivity contribution in [3.05, 3.63) is 56.8 Å². The molecular weight excluding hydrogens is 472 g/mol. The smallest absolute Gasteiger partial charge is 0.267 e. The average molecular weight is 497 g/mol. The first-order valence-corrected chi connectivity index (χ1v) is 13.0. The van der Waals surface area contributed by atoms with E-state index in [2.05, 4.69) is 10.5 Å². The van der Waals surface area contributed by atoms with E-state index in [0.717, 1.165) is 41.8 Å². The second-order valence-electron chi connectivity index (χ2n) is 8.02. The van der Waals surface area contributed by atoms with Gasteiger partial charge in [-0.1, -0.05) is 16.9 Å². The fourth-order valence-electron chi connectivity index (χ4n) is 4.10. The van der Waals surface area contributed by atoms with Crippen molar-refractivity contribution in [2.45, 2.75) is 44.7 Å². The number of fused-ring (bicyclic) bond motifs is 3. The predicted octanol–water partition coefficient (Wildman–Crippen LogP) is 4.75. The van der Waals surface area contributed by atoms with Gasteiger partial charge in [0.25, 0.3) is 5.56 Å². The van der Waals surface area contributed by atoms with Crippen molar-refractivity contribution in [1.82, 2.24) is 14.7 Å². The maximum absolute atomic E-state index is 13.8. The van der Waals surface area contributed by atoms with E-state index >= 15 is 0 Å². The Bertz CT molecular complexity index is 1410. The van der Waals surface area contributed by atoms with Crippen LogP contribution >= 0.6 is 23.1 Å². The lowest BCUT2D eigenvalue weighted by molar-refractivity contribution is -0.113. The number of hydrogen-bond acceptors (Lipinski definition) is 8. The predicted molar refractivity (Wildman–Crippen MR) is 134 cm³/mol. The van der Waals surface area contributed by atoms with E-state index < -0.39 is 0 Å². The molecular formula is C24H24N4O4S2. The summed E-state index contributed by atoms with van der Waals surface area (Å²) in [5.41, 5.74) is 2.41.